The fourth-order valence-electron chi connectivity index (χ4n) is 5.35. The molecule has 1 N–H and O–H groups in total. The third-order valence-electron chi connectivity index (χ3n) is 7.83. The molecule has 1 fully saturated rings. The third kappa shape index (κ3) is 7.41. The van der Waals surface area contributed by atoms with Crippen molar-refractivity contribution in [2.75, 3.05) is 16.6 Å². The lowest BCUT2D eigenvalue weighted by Crippen LogP contribution is -2.29. The Kier molecular flexibility index (Phi) is 8.95. The van der Waals surface area contributed by atoms with Crippen LogP contribution >= 0.6 is 11.8 Å². The molecule has 1 amide bonds. The Morgan fingerprint density at radius 3 is 2.36 bits per heavy atom. The summed E-state index contributed by atoms with van der Waals surface area (Å²) in [6.07, 6.45) is 3.05. The number of hydrogen-bond acceptors (Lipinski definition) is 5. The number of anilines is 1. The average Bonchev–Trinajstić information content (AvgIpc) is 3.56. The van der Waals surface area contributed by atoms with E-state index in [0.717, 1.165) is 44.1 Å². The molecule has 1 aliphatic heterocycles. The van der Waals surface area contributed by atoms with E-state index in [1.807, 2.05) is 22.9 Å². The van der Waals surface area contributed by atoms with Crippen molar-refractivity contribution in [3.8, 4) is 28.1 Å². The van der Waals surface area contributed by atoms with Crippen LogP contribution in [0.3, 0.4) is 0 Å². The van der Waals surface area contributed by atoms with Gasteiger partial charge in [0.15, 0.2) is 0 Å². The van der Waals surface area contributed by atoms with Gasteiger partial charge in [-0.2, -0.15) is 8.42 Å². The standard InChI is InChI=1S/C36H34F2N4O3S2/c1-36(2,3)16-17-46-33-18-25(24-8-5-4-6-9-24)12-13-26(33)19-34-39-32(30-15-14-27(37)20-31(30)38)22-41(34)28-10-7-11-29(21-28)42-23-35(43)40-47(42,44)45/h4-15,18,20-22H,16-17,19,23H2,1-3H3,(H,40,43). The van der Waals surface area contributed by atoms with Crippen molar-refractivity contribution in [1.82, 2.24) is 14.3 Å². The lowest BCUT2D eigenvalue weighted by atomic mass is 9.94. The highest BCUT2D eigenvalue weighted by Crippen LogP contribution is 2.35. The molecule has 0 bridgehead atoms. The van der Waals surface area contributed by atoms with Crippen molar-refractivity contribution < 1.29 is 22.0 Å². The van der Waals surface area contributed by atoms with Crippen molar-refractivity contribution in [2.24, 2.45) is 5.41 Å². The fourth-order valence-corrected chi connectivity index (χ4v) is 7.96. The molecule has 1 saturated heterocycles. The molecule has 0 atom stereocenters. The first-order valence-electron chi connectivity index (χ1n) is 15.1. The molecule has 11 heteroatoms. The third-order valence-corrected chi connectivity index (χ3v) is 10.3. The number of aromatic nitrogens is 2. The summed E-state index contributed by atoms with van der Waals surface area (Å²) in [5.74, 6) is -0.570. The van der Waals surface area contributed by atoms with E-state index in [0.29, 0.717) is 29.3 Å². The number of halogens is 2. The lowest BCUT2D eigenvalue weighted by molar-refractivity contribution is -0.117. The number of carbonyl (C=O) groups is 1. The number of hydrogen-bond donors (Lipinski definition) is 1. The largest absolute Gasteiger partial charge is 0.326 e. The molecule has 0 aliphatic carbocycles. The fraction of sp³-hybridized carbons (Fsp3) is 0.222. The van der Waals surface area contributed by atoms with Gasteiger partial charge in [-0.15, -0.1) is 11.8 Å². The van der Waals surface area contributed by atoms with Crippen LogP contribution in [0, 0.1) is 17.0 Å². The number of rotatable bonds is 9. The van der Waals surface area contributed by atoms with Gasteiger partial charge in [-0.1, -0.05) is 69.3 Å². The van der Waals surface area contributed by atoms with E-state index in [1.165, 1.54) is 12.1 Å². The first-order valence-corrected chi connectivity index (χ1v) is 17.6. The van der Waals surface area contributed by atoms with Gasteiger partial charge >= 0.3 is 10.2 Å². The summed E-state index contributed by atoms with van der Waals surface area (Å²) in [5, 5.41) is 0. The molecular formula is C36H34F2N4O3S2. The van der Waals surface area contributed by atoms with Crippen LogP contribution in [0.25, 0.3) is 28.1 Å². The zero-order valence-corrected chi connectivity index (χ0v) is 27.8. The maximum Gasteiger partial charge on any atom is 0.326 e. The van der Waals surface area contributed by atoms with Crippen LogP contribution in [0.1, 0.15) is 38.6 Å². The summed E-state index contributed by atoms with van der Waals surface area (Å²) in [5.41, 5.74) is 4.69. The Morgan fingerprint density at radius 2 is 1.66 bits per heavy atom. The average molecular weight is 673 g/mol. The van der Waals surface area contributed by atoms with Crippen molar-refractivity contribution >= 4 is 33.6 Å². The Hall–Kier alpha value is -4.48. The molecule has 242 valence electrons. The monoisotopic (exact) mass is 672 g/mol. The Bertz CT molecular complexity index is 2060. The summed E-state index contributed by atoms with van der Waals surface area (Å²) in [6, 6.07) is 26.6. The van der Waals surface area contributed by atoms with Gasteiger partial charge in [-0.25, -0.2) is 22.8 Å². The minimum absolute atomic E-state index is 0.138. The summed E-state index contributed by atoms with van der Waals surface area (Å²) < 4.78 is 58.8. The molecule has 1 aliphatic rings. The van der Waals surface area contributed by atoms with Gasteiger partial charge < -0.3 is 4.57 Å². The lowest BCUT2D eigenvalue weighted by Gasteiger charge is -2.19. The summed E-state index contributed by atoms with van der Waals surface area (Å²) in [6.45, 7) is 6.32. The SMILES string of the molecule is CC(C)(C)CCSc1cc(-c2ccccc2)ccc1Cc1nc(-c2ccc(F)cc2F)cn1-c1cccc(N2CC(=O)NS2(=O)=O)c1. The van der Waals surface area contributed by atoms with Crippen LogP contribution in [-0.4, -0.2) is 36.2 Å². The van der Waals surface area contributed by atoms with Gasteiger partial charge in [-0.05, 0) is 70.7 Å². The Labute approximate surface area is 277 Å². The highest BCUT2D eigenvalue weighted by atomic mass is 32.2. The second-order valence-corrected chi connectivity index (χ2v) is 15.3. The number of carbonyl (C=O) groups excluding carboxylic acids is 1. The van der Waals surface area contributed by atoms with Crippen molar-refractivity contribution in [3.05, 3.63) is 120 Å². The van der Waals surface area contributed by atoms with E-state index in [4.69, 9.17) is 4.98 Å². The second-order valence-electron chi connectivity index (χ2n) is 12.6. The van der Waals surface area contributed by atoms with Gasteiger partial charge in [-0.3, -0.25) is 4.79 Å². The van der Waals surface area contributed by atoms with Crippen molar-refractivity contribution in [3.63, 3.8) is 0 Å². The van der Waals surface area contributed by atoms with Gasteiger partial charge in [0, 0.05) is 34.8 Å². The van der Waals surface area contributed by atoms with Crippen LogP contribution in [-0.2, 0) is 21.4 Å². The first-order chi connectivity index (χ1) is 22.4. The van der Waals surface area contributed by atoms with E-state index in [2.05, 4.69) is 51.1 Å². The predicted molar refractivity (Wildman–Crippen MR) is 183 cm³/mol. The molecule has 6 rings (SSSR count). The number of benzene rings is 4. The molecule has 2 heterocycles. The molecule has 0 spiro atoms. The van der Waals surface area contributed by atoms with Gasteiger partial charge in [0.25, 0.3) is 5.91 Å². The number of nitrogens with one attached hydrogen (secondary N) is 1. The van der Waals surface area contributed by atoms with Gasteiger partial charge in [0.05, 0.1) is 11.4 Å². The smallest absolute Gasteiger partial charge is 0.303 e. The van der Waals surface area contributed by atoms with E-state index in [-0.39, 0.29) is 17.5 Å². The highest BCUT2D eigenvalue weighted by molar-refractivity contribution is 7.99. The first kappa shape index (κ1) is 32.5. The molecule has 7 nitrogen and oxygen atoms in total. The molecule has 0 unspecified atom stereocenters. The molecule has 0 saturated carbocycles. The summed E-state index contributed by atoms with van der Waals surface area (Å²) >= 11 is 1.78. The zero-order valence-electron chi connectivity index (χ0n) is 26.2. The second kappa shape index (κ2) is 13.0. The number of nitrogens with zero attached hydrogens (tertiary/aromatic N) is 3. The van der Waals surface area contributed by atoms with Crippen LogP contribution in [0.5, 0.6) is 0 Å². The quantitative estimate of drug-likeness (QED) is 0.162. The Morgan fingerprint density at radius 1 is 0.894 bits per heavy atom. The van der Waals surface area contributed by atoms with Crippen LogP contribution < -0.4 is 9.03 Å². The molecule has 1 aromatic heterocycles. The Balaban J connectivity index is 1.44. The maximum absolute atomic E-state index is 15.0. The van der Waals surface area contributed by atoms with E-state index in [9.17, 15) is 22.0 Å². The number of thioether (sulfide) groups is 1. The minimum atomic E-state index is -4.03. The minimum Gasteiger partial charge on any atom is -0.303 e. The van der Waals surface area contributed by atoms with Crippen LogP contribution in [0.2, 0.25) is 0 Å². The topological polar surface area (TPSA) is 84.3 Å². The van der Waals surface area contributed by atoms with Crippen molar-refractivity contribution in [2.45, 2.75) is 38.5 Å². The highest BCUT2D eigenvalue weighted by Gasteiger charge is 2.34. The van der Waals surface area contributed by atoms with Crippen molar-refractivity contribution in [1.29, 1.82) is 0 Å². The summed E-state index contributed by atoms with van der Waals surface area (Å²) in [7, 11) is -4.03. The van der Waals surface area contributed by atoms with E-state index >= 15 is 0 Å². The maximum atomic E-state index is 15.0. The van der Waals surface area contributed by atoms with Crippen LogP contribution in [0.15, 0.2) is 102 Å². The van der Waals surface area contributed by atoms with E-state index < -0.39 is 27.8 Å². The predicted octanol–water partition coefficient (Wildman–Crippen LogP) is 7.78. The number of imidazole rings is 1. The normalized spacial score (nSPS) is 14.4. The number of amides is 1. The van der Waals surface area contributed by atoms with Crippen LogP contribution in [0.4, 0.5) is 14.5 Å². The zero-order chi connectivity index (χ0) is 33.3. The molecule has 0 radical (unpaired) electrons. The molecule has 5 aromatic rings. The molecule has 4 aromatic carbocycles. The van der Waals surface area contributed by atoms with Gasteiger partial charge in [0.1, 0.15) is 24.0 Å². The van der Waals surface area contributed by atoms with E-state index in [1.54, 1.807) is 46.8 Å². The summed E-state index contributed by atoms with van der Waals surface area (Å²) in [4.78, 5) is 17.9. The molecule has 47 heavy (non-hydrogen) atoms. The van der Waals surface area contributed by atoms with Gasteiger partial charge in [0.2, 0.25) is 0 Å². The molecular weight excluding hydrogens is 639 g/mol.